The first-order chi connectivity index (χ1) is 5.25. The number of rotatable bonds is 1. The van der Waals surface area contributed by atoms with Gasteiger partial charge in [-0.15, -0.1) is 11.3 Å². The maximum absolute atomic E-state index is 8.52. The highest BCUT2D eigenvalue weighted by Crippen LogP contribution is 2.17. The summed E-state index contributed by atoms with van der Waals surface area (Å²) in [5.41, 5.74) is 6.82. The van der Waals surface area contributed by atoms with E-state index in [1.807, 2.05) is 23.6 Å². The van der Waals surface area contributed by atoms with Crippen molar-refractivity contribution in [2.75, 3.05) is 0 Å². The van der Waals surface area contributed by atoms with Crippen LogP contribution in [-0.2, 0) is 0 Å². The van der Waals surface area contributed by atoms with Gasteiger partial charge in [0.2, 0.25) is 0 Å². The van der Waals surface area contributed by atoms with Crippen molar-refractivity contribution in [2.45, 2.75) is 6.92 Å². The Morgan fingerprint density at radius 1 is 1.73 bits per heavy atom. The molecule has 0 radical (unpaired) electrons. The fraction of sp³-hybridized carbons (Fsp3) is 0.125. The smallest absolute Gasteiger partial charge is 0.0966 e. The second-order valence-corrected chi connectivity index (χ2v) is 3.08. The van der Waals surface area contributed by atoms with Crippen LogP contribution in [0.1, 0.15) is 11.8 Å². The number of thiophene rings is 1. The van der Waals surface area contributed by atoms with Crippen LogP contribution < -0.4 is 5.73 Å². The maximum atomic E-state index is 8.52. The van der Waals surface area contributed by atoms with Crippen LogP contribution in [-0.4, -0.2) is 0 Å². The second kappa shape index (κ2) is 3.22. The van der Waals surface area contributed by atoms with Gasteiger partial charge in [-0.25, -0.2) is 0 Å². The van der Waals surface area contributed by atoms with Gasteiger partial charge in [-0.3, -0.25) is 0 Å². The molecule has 0 aliphatic carbocycles. The van der Waals surface area contributed by atoms with Gasteiger partial charge in [0.15, 0.2) is 0 Å². The average molecular weight is 164 g/mol. The Labute approximate surface area is 69.6 Å². The molecule has 3 heteroatoms. The number of nitriles is 1. The van der Waals surface area contributed by atoms with Gasteiger partial charge < -0.3 is 5.73 Å². The first-order valence-electron chi connectivity index (χ1n) is 3.16. The van der Waals surface area contributed by atoms with Crippen LogP contribution in [0, 0.1) is 11.3 Å². The fourth-order valence-corrected chi connectivity index (χ4v) is 1.42. The van der Waals surface area contributed by atoms with Crippen LogP contribution in [0.25, 0.3) is 5.70 Å². The molecular weight excluding hydrogens is 156 g/mol. The molecule has 56 valence electrons. The van der Waals surface area contributed by atoms with E-state index in [1.54, 1.807) is 18.3 Å². The van der Waals surface area contributed by atoms with Crippen LogP contribution in [0.2, 0.25) is 0 Å². The molecule has 1 rings (SSSR count). The Balaban J connectivity index is 3.05. The lowest BCUT2D eigenvalue weighted by molar-refractivity contribution is 1.41. The summed E-state index contributed by atoms with van der Waals surface area (Å²) in [5.74, 6) is 0. The normalized spacial score (nSPS) is 12.0. The van der Waals surface area contributed by atoms with Crippen molar-refractivity contribution < 1.29 is 0 Å². The number of nitrogens with zero attached hydrogens (tertiary/aromatic N) is 1. The van der Waals surface area contributed by atoms with E-state index in [1.165, 1.54) is 0 Å². The number of nitrogens with two attached hydrogens (primary N) is 1. The van der Waals surface area contributed by atoms with Crippen molar-refractivity contribution in [2.24, 2.45) is 5.73 Å². The maximum Gasteiger partial charge on any atom is 0.0966 e. The van der Waals surface area contributed by atoms with Crippen molar-refractivity contribution in [1.82, 2.24) is 0 Å². The molecule has 0 saturated carbocycles. The van der Waals surface area contributed by atoms with Crippen LogP contribution in [0.5, 0.6) is 0 Å². The first-order valence-corrected chi connectivity index (χ1v) is 4.04. The second-order valence-electron chi connectivity index (χ2n) is 2.13. The van der Waals surface area contributed by atoms with Crippen LogP contribution >= 0.6 is 11.3 Å². The van der Waals surface area contributed by atoms with Gasteiger partial charge in [-0.05, 0) is 18.4 Å². The van der Waals surface area contributed by atoms with E-state index in [2.05, 4.69) is 0 Å². The van der Waals surface area contributed by atoms with E-state index in [0.717, 1.165) is 4.88 Å². The molecule has 0 fully saturated rings. The standard InChI is InChI=1S/C8H8N2S/c1-6(5-9)8(10)7-3-2-4-11-7/h2-4H,10H2,1H3/b8-6-. The molecule has 1 aromatic heterocycles. The third-order valence-corrected chi connectivity index (χ3v) is 2.26. The van der Waals surface area contributed by atoms with E-state index in [-0.39, 0.29) is 0 Å². The van der Waals surface area contributed by atoms with Crippen LogP contribution in [0.3, 0.4) is 0 Å². The Morgan fingerprint density at radius 3 is 2.91 bits per heavy atom. The monoisotopic (exact) mass is 164 g/mol. The first kappa shape index (κ1) is 7.83. The molecule has 0 aliphatic heterocycles. The van der Waals surface area contributed by atoms with E-state index < -0.39 is 0 Å². The van der Waals surface area contributed by atoms with Gasteiger partial charge in [0, 0.05) is 0 Å². The summed E-state index contributed by atoms with van der Waals surface area (Å²) in [6.45, 7) is 1.72. The molecule has 0 aliphatic rings. The van der Waals surface area contributed by atoms with Crippen molar-refractivity contribution in [3.8, 4) is 6.07 Å². The minimum absolute atomic E-state index is 0.576. The Bertz CT molecular complexity index is 303. The van der Waals surface area contributed by atoms with Gasteiger partial charge in [0.05, 0.1) is 22.2 Å². The number of allylic oxidation sites excluding steroid dienone is 1. The van der Waals surface area contributed by atoms with Gasteiger partial charge in [0.25, 0.3) is 0 Å². The topological polar surface area (TPSA) is 49.8 Å². The molecule has 1 aromatic rings. The lowest BCUT2D eigenvalue weighted by atomic mass is 10.2. The highest BCUT2D eigenvalue weighted by Gasteiger charge is 2.00. The molecule has 0 amide bonds. The van der Waals surface area contributed by atoms with Gasteiger partial charge >= 0.3 is 0 Å². The quantitative estimate of drug-likeness (QED) is 0.645. The lowest BCUT2D eigenvalue weighted by Gasteiger charge is -1.95. The summed E-state index contributed by atoms with van der Waals surface area (Å²) in [4.78, 5) is 0.962. The van der Waals surface area contributed by atoms with Gasteiger partial charge in [0.1, 0.15) is 0 Å². The summed E-state index contributed by atoms with van der Waals surface area (Å²) < 4.78 is 0. The SMILES string of the molecule is C/C(C#N)=C(/N)c1cccs1. The zero-order valence-electron chi connectivity index (χ0n) is 6.16. The molecule has 0 unspecified atom stereocenters. The average Bonchev–Trinajstić information content (AvgIpc) is 2.53. The summed E-state index contributed by atoms with van der Waals surface area (Å²) >= 11 is 1.54. The minimum Gasteiger partial charge on any atom is -0.397 e. The molecule has 11 heavy (non-hydrogen) atoms. The van der Waals surface area contributed by atoms with Crippen LogP contribution in [0.4, 0.5) is 0 Å². The molecule has 0 aromatic carbocycles. The van der Waals surface area contributed by atoms with Crippen molar-refractivity contribution in [1.29, 1.82) is 5.26 Å². The zero-order chi connectivity index (χ0) is 8.27. The number of hydrogen-bond donors (Lipinski definition) is 1. The molecule has 1 heterocycles. The molecule has 0 saturated heterocycles. The van der Waals surface area contributed by atoms with E-state index in [4.69, 9.17) is 11.0 Å². The Kier molecular flexibility index (Phi) is 2.29. The van der Waals surface area contributed by atoms with Crippen LogP contribution in [0.15, 0.2) is 23.1 Å². The van der Waals surface area contributed by atoms with Gasteiger partial charge in [-0.2, -0.15) is 5.26 Å². The van der Waals surface area contributed by atoms with Crippen molar-refractivity contribution >= 4 is 17.0 Å². The van der Waals surface area contributed by atoms with Gasteiger partial charge in [-0.1, -0.05) is 6.07 Å². The Morgan fingerprint density at radius 2 is 2.45 bits per heavy atom. The summed E-state index contributed by atoms with van der Waals surface area (Å²) in [7, 11) is 0. The van der Waals surface area contributed by atoms with Crippen molar-refractivity contribution in [3.05, 3.63) is 28.0 Å². The van der Waals surface area contributed by atoms with E-state index in [0.29, 0.717) is 11.3 Å². The largest absolute Gasteiger partial charge is 0.397 e. The summed E-state index contributed by atoms with van der Waals surface area (Å²) in [6, 6.07) is 5.83. The molecule has 2 nitrogen and oxygen atoms in total. The highest BCUT2D eigenvalue weighted by atomic mass is 32.1. The molecule has 0 spiro atoms. The molecule has 0 atom stereocenters. The predicted octanol–water partition coefficient (Wildman–Crippen LogP) is 1.96. The predicted molar refractivity (Wildman–Crippen MR) is 46.7 cm³/mol. The van der Waals surface area contributed by atoms with Crippen molar-refractivity contribution in [3.63, 3.8) is 0 Å². The van der Waals surface area contributed by atoms with E-state index in [9.17, 15) is 0 Å². The highest BCUT2D eigenvalue weighted by molar-refractivity contribution is 7.11. The molecular formula is C8H8N2S. The molecule has 2 N–H and O–H groups in total. The lowest BCUT2D eigenvalue weighted by Crippen LogP contribution is -1.95. The minimum atomic E-state index is 0.576. The third kappa shape index (κ3) is 1.60. The third-order valence-electron chi connectivity index (χ3n) is 1.36. The summed E-state index contributed by atoms with van der Waals surface area (Å²) in [6.07, 6.45) is 0. The van der Waals surface area contributed by atoms with E-state index >= 15 is 0 Å². The fourth-order valence-electron chi connectivity index (χ4n) is 0.677. The Hall–Kier alpha value is -1.27. The number of hydrogen-bond acceptors (Lipinski definition) is 3. The molecule has 0 bridgehead atoms. The summed E-state index contributed by atoms with van der Waals surface area (Å²) in [5, 5.41) is 10.5. The zero-order valence-corrected chi connectivity index (χ0v) is 6.98.